The number of halogens is 3. The molecule has 0 saturated heterocycles. The fourth-order valence-corrected chi connectivity index (χ4v) is 3.79. The minimum Gasteiger partial charge on any atom is -0.497 e. The van der Waals surface area contributed by atoms with Crippen LogP contribution in [0.5, 0.6) is 5.75 Å². The highest BCUT2D eigenvalue weighted by molar-refractivity contribution is 5.93. The van der Waals surface area contributed by atoms with Crippen molar-refractivity contribution in [2.75, 3.05) is 19.0 Å². The van der Waals surface area contributed by atoms with Crippen molar-refractivity contribution in [1.82, 2.24) is 19.5 Å². The van der Waals surface area contributed by atoms with E-state index in [-0.39, 0.29) is 22.6 Å². The van der Waals surface area contributed by atoms with Gasteiger partial charge in [0.05, 0.1) is 23.7 Å². The first-order valence-electron chi connectivity index (χ1n) is 10.5. The molecule has 1 N–H and O–H groups in total. The summed E-state index contributed by atoms with van der Waals surface area (Å²) in [4.78, 5) is 26.4. The summed E-state index contributed by atoms with van der Waals surface area (Å²) in [7, 11) is 1.53. The number of benzene rings is 2. The van der Waals surface area contributed by atoms with Gasteiger partial charge in [0.1, 0.15) is 12.3 Å². The lowest BCUT2D eigenvalue weighted by molar-refractivity contribution is -0.115. The van der Waals surface area contributed by atoms with Crippen LogP contribution in [0.2, 0.25) is 0 Å². The number of methoxy groups -OCH3 is 1. The average Bonchev–Trinajstić information content (AvgIpc) is 2.86. The van der Waals surface area contributed by atoms with E-state index in [0.717, 1.165) is 10.9 Å². The van der Waals surface area contributed by atoms with Crippen molar-refractivity contribution in [2.45, 2.75) is 6.18 Å². The Morgan fingerprint density at radius 1 is 1.03 bits per heavy atom. The van der Waals surface area contributed by atoms with E-state index in [9.17, 15) is 18.0 Å². The highest BCUT2D eigenvalue weighted by Gasteiger charge is 2.27. The fourth-order valence-electron chi connectivity index (χ4n) is 3.79. The maximum absolute atomic E-state index is 13.8. The van der Waals surface area contributed by atoms with Crippen LogP contribution >= 0.6 is 0 Å². The van der Waals surface area contributed by atoms with Crippen molar-refractivity contribution >= 4 is 27.8 Å². The lowest BCUT2D eigenvalue weighted by Crippen LogP contribution is -2.23. The molecule has 176 valence electrons. The van der Waals surface area contributed by atoms with Gasteiger partial charge in [-0.25, -0.2) is 9.97 Å². The molecule has 35 heavy (non-hydrogen) atoms. The summed E-state index contributed by atoms with van der Waals surface area (Å²) >= 11 is 0. The van der Waals surface area contributed by atoms with Crippen LogP contribution in [0.3, 0.4) is 0 Å². The van der Waals surface area contributed by atoms with Gasteiger partial charge in [-0.05, 0) is 42.0 Å². The minimum absolute atomic E-state index is 0.224. The van der Waals surface area contributed by atoms with Crippen LogP contribution in [0.25, 0.3) is 38.6 Å². The Kier molecular flexibility index (Phi) is 5.56. The van der Waals surface area contributed by atoms with E-state index in [4.69, 9.17) is 4.74 Å². The number of fused-ring (bicyclic) bond motifs is 2. The lowest BCUT2D eigenvalue weighted by atomic mass is 10.0. The third-order valence-corrected chi connectivity index (χ3v) is 5.45. The first kappa shape index (κ1) is 22.3. The largest absolute Gasteiger partial charge is 0.497 e. The number of hydrogen-bond acceptors (Lipinski definition) is 6. The number of nitrogens with zero attached hydrogens (tertiary/aromatic N) is 4. The molecule has 10 heteroatoms. The van der Waals surface area contributed by atoms with Crippen molar-refractivity contribution in [2.24, 2.45) is 0 Å². The number of alkyl halides is 3. The SMILES string of the molecule is COc1ccc(-c2c(=O)n(-c3ccc4ncccc4c3)cc3cnc(NCC(F)(F)F)nc23)cc1. The molecule has 5 rings (SSSR count). The predicted molar refractivity (Wildman–Crippen MR) is 127 cm³/mol. The number of pyridine rings is 2. The quantitative estimate of drug-likeness (QED) is 0.385. The molecular formula is C25H18F3N5O2. The van der Waals surface area contributed by atoms with Crippen LogP contribution in [0.1, 0.15) is 0 Å². The first-order chi connectivity index (χ1) is 16.8. The van der Waals surface area contributed by atoms with E-state index in [1.54, 1.807) is 48.8 Å². The molecule has 3 aromatic heterocycles. The van der Waals surface area contributed by atoms with Gasteiger partial charge in [0, 0.05) is 35.1 Å². The zero-order chi connectivity index (χ0) is 24.6. The molecule has 0 aliphatic heterocycles. The van der Waals surface area contributed by atoms with Crippen molar-refractivity contribution in [3.05, 3.63) is 83.5 Å². The van der Waals surface area contributed by atoms with Crippen LogP contribution in [-0.2, 0) is 0 Å². The Morgan fingerprint density at radius 2 is 1.83 bits per heavy atom. The smallest absolute Gasteiger partial charge is 0.405 e. The molecule has 0 radical (unpaired) electrons. The van der Waals surface area contributed by atoms with Gasteiger partial charge in [0.25, 0.3) is 5.56 Å². The summed E-state index contributed by atoms with van der Waals surface area (Å²) in [6.45, 7) is -1.29. The monoisotopic (exact) mass is 477 g/mol. The second kappa shape index (κ2) is 8.71. The summed E-state index contributed by atoms with van der Waals surface area (Å²) in [6, 6.07) is 15.9. The molecule has 0 aliphatic carbocycles. The van der Waals surface area contributed by atoms with E-state index < -0.39 is 12.7 Å². The molecule has 0 spiro atoms. The maximum atomic E-state index is 13.8. The number of aromatic nitrogens is 4. The Bertz CT molecular complexity index is 1600. The minimum atomic E-state index is -4.44. The number of nitrogens with one attached hydrogen (secondary N) is 1. The topological polar surface area (TPSA) is 81.9 Å². The molecule has 0 amide bonds. The Labute approximate surface area is 196 Å². The van der Waals surface area contributed by atoms with Gasteiger partial charge < -0.3 is 10.1 Å². The summed E-state index contributed by atoms with van der Waals surface area (Å²) in [5, 5.41) is 3.51. The highest BCUT2D eigenvalue weighted by atomic mass is 19.4. The van der Waals surface area contributed by atoms with Gasteiger partial charge >= 0.3 is 6.18 Å². The predicted octanol–water partition coefficient (Wildman–Crippen LogP) is 4.98. The highest BCUT2D eigenvalue weighted by Crippen LogP contribution is 2.28. The Balaban J connectivity index is 1.73. The number of ether oxygens (including phenoxy) is 1. The van der Waals surface area contributed by atoms with Crippen molar-refractivity contribution < 1.29 is 17.9 Å². The molecule has 0 unspecified atom stereocenters. The van der Waals surface area contributed by atoms with Crippen LogP contribution in [0.4, 0.5) is 19.1 Å². The molecule has 0 aliphatic rings. The molecule has 0 fully saturated rings. The molecule has 0 atom stereocenters. The van der Waals surface area contributed by atoms with Crippen molar-refractivity contribution in [3.63, 3.8) is 0 Å². The Hall–Kier alpha value is -4.47. The third kappa shape index (κ3) is 4.50. The summed E-state index contributed by atoms with van der Waals surface area (Å²) in [5.74, 6) is 0.372. The molecule has 3 heterocycles. The second-order valence-corrected chi connectivity index (χ2v) is 7.75. The summed E-state index contributed by atoms with van der Waals surface area (Å²) in [6.07, 6.45) is 0.224. The van der Waals surface area contributed by atoms with Crippen molar-refractivity contribution in [1.29, 1.82) is 0 Å². The number of anilines is 1. The lowest BCUT2D eigenvalue weighted by Gasteiger charge is -2.14. The van der Waals surface area contributed by atoms with Gasteiger partial charge in [0.15, 0.2) is 0 Å². The maximum Gasteiger partial charge on any atom is 0.405 e. The van der Waals surface area contributed by atoms with Crippen molar-refractivity contribution in [3.8, 4) is 22.6 Å². The molecule has 5 aromatic rings. The molecular weight excluding hydrogens is 459 g/mol. The van der Waals surface area contributed by atoms with Gasteiger partial charge in [-0.1, -0.05) is 18.2 Å². The number of rotatable bonds is 5. The standard InChI is InChI=1S/C25H18F3N5O2/c1-35-19-7-4-15(5-8-19)21-22-17(12-30-24(32-22)31-14-25(26,27)28)13-33(23(21)34)18-6-9-20-16(11-18)3-2-10-29-20/h2-13H,14H2,1H3,(H,31,32). The van der Waals surface area contributed by atoms with E-state index in [2.05, 4.69) is 20.3 Å². The average molecular weight is 477 g/mol. The molecule has 0 saturated carbocycles. The summed E-state index contributed by atoms with van der Waals surface area (Å²) < 4.78 is 44.8. The van der Waals surface area contributed by atoms with Crippen LogP contribution in [0, 0.1) is 0 Å². The van der Waals surface area contributed by atoms with Gasteiger partial charge in [0.2, 0.25) is 5.95 Å². The first-order valence-corrected chi connectivity index (χ1v) is 10.5. The zero-order valence-corrected chi connectivity index (χ0v) is 18.4. The van der Waals surface area contributed by atoms with Crippen LogP contribution in [-0.4, -0.2) is 39.3 Å². The second-order valence-electron chi connectivity index (χ2n) is 7.75. The number of hydrogen-bond donors (Lipinski definition) is 1. The van der Waals surface area contributed by atoms with E-state index in [1.807, 2.05) is 18.2 Å². The molecule has 2 aromatic carbocycles. The van der Waals surface area contributed by atoms with Gasteiger partial charge in [-0.3, -0.25) is 14.3 Å². The zero-order valence-electron chi connectivity index (χ0n) is 18.4. The Morgan fingerprint density at radius 3 is 2.57 bits per heavy atom. The van der Waals surface area contributed by atoms with Crippen LogP contribution in [0.15, 0.2) is 78.0 Å². The van der Waals surface area contributed by atoms with Crippen LogP contribution < -0.4 is 15.6 Å². The third-order valence-electron chi connectivity index (χ3n) is 5.45. The molecule has 0 bridgehead atoms. The normalized spacial score (nSPS) is 11.7. The van der Waals surface area contributed by atoms with E-state index in [1.165, 1.54) is 17.9 Å². The van der Waals surface area contributed by atoms with Gasteiger partial charge in [-0.2, -0.15) is 13.2 Å². The summed E-state index contributed by atoms with van der Waals surface area (Å²) in [5.41, 5.74) is 2.01. The van der Waals surface area contributed by atoms with E-state index >= 15 is 0 Å². The fraction of sp³-hybridized carbons (Fsp3) is 0.120. The van der Waals surface area contributed by atoms with E-state index in [0.29, 0.717) is 22.4 Å². The molecule has 7 nitrogen and oxygen atoms in total. The van der Waals surface area contributed by atoms with Gasteiger partial charge in [-0.15, -0.1) is 0 Å².